The maximum absolute atomic E-state index is 13.4. The first-order chi connectivity index (χ1) is 16.3. The highest BCUT2D eigenvalue weighted by atomic mass is 32.2. The van der Waals surface area contributed by atoms with Crippen molar-refractivity contribution in [1.29, 1.82) is 0 Å². The van der Waals surface area contributed by atoms with Gasteiger partial charge >= 0.3 is 0 Å². The van der Waals surface area contributed by atoms with Crippen molar-refractivity contribution < 1.29 is 13.2 Å². The minimum Gasteiger partial charge on any atom is -0.341 e. The highest BCUT2D eigenvalue weighted by molar-refractivity contribution is 7.99. The molecule has 1 unspecified atom stereocenters. The number of sulfone groups is 1. The monoisotopic (exact) mass is 497 g/mol. The number of para-hydroxylation sites is 2. The summed E-state index contributed by atoms with van der Waals surface area (Å²) in [7, 11) is -1.44. The first kappa shape index (κ1) is 22.6. The van der Waals surface area contributed by atoms with Gasteiger partial charge in [-0.05, 0) is 37.1 Å². The van der Waals surface area contributed by atoms with Crippen LogP contribution >= 0.6 is 11.8 Å². The van der Waals surface area contributed by atoms with Crippen molar-refractivity contribution in [2.45, 2.75) is 24.5 Å². The predicted octanol–water partition coefficient (Wildman–Crippen LogP) is 2.08. The normalized spacial score (nSPS) is 17.4. The third-order valence-electron chi connectivity index (χ3n) is 6.23. The number of rotatable bonds is 5. The Balaban J connectivity index is 1.54. The van der Waals surface area contributed by atoms with E-state index < -0.39 is 9.84 Å². The van der Waals surface area contributed by atoms with Crippen molar-refractivity contribution in [2.75, 3.05) is 24.3 Å². The van der Waals surface area contributed by atoms with Crippen LogP contribution in [0.15, 0.2) is 58.5 Å². The van der Waals surface area contributed by atoms with Gasteiger partial charge in [0.05, 0.1) is 33.8 Å². The van der Waals surface area contributed by atoms with Gasteiger partial charge in [-0.25, -0.2) is 13.0 Å². The van der Waals surface area contributed by atoms with Crippen molar-refractivity contribution in [3.63, 3.8) is 0 Å². The molecular weight excluding hydrogens is 474 g/mol. The second kappa shape index (κ2) is 8.55. The van der Waals surface area contributed by atoms with Crippen LogP contribution in [0.2, 0.25) is 0 Å². The predicted molar refractivity (Wildman–Crippen MR) is 131 cm³/mol. The van der Waals surface area contributed by atoms with Gasteiger partial charge in [-0.2, -0.15) is 0 Å². The minimum absolute atomic E-state index is 0.00110. The van der Waals surface area contributed by atoms with Gasteiger partial charge in [-0.1, -0.05) is 42.1 Å². The number of aryl methyl sites for hydroxylation is 1. The zero-order valence-corrected chi connectivity index (χ0v) is 20.3. The number of benzene rings is 2. The van der Waals surface area contributed by atoms with E-state index in [1.807, 2.05) is 49.4 Å². The Kier molecular flexibility index (Phi) is 5.68. The number of amides is 1. The Morgan fingerprint density at radius 1 is 1.15 bits per heavy atom. The Labute approximate surface area is 200 Å². The molecule has 1 saturated heterocycles. The average molecular weight is 498 g/mol. The molecule has 1 aliphatic rings. The van der Waals surface area contributed by atoms with Gasteiger partial charge in [0.1, 0.15) is 0 Å². The molecule has 9 nitrogen and oxygen atoms in total. The average Bonchev–Trinajstić information content (AvgIpc) is 3.41. The third-order valence-corrected chi connectivity index (χ3v) is 8.89. The number of aromatic nitrogens is 4. The van der Waals surface area contributed by atoms with Crippen molar-refractivity contribution in [1.82, 2.24) is 24.1 Å². The maximum Gasteiger partial charge on any atom is 0.267 e. The molecular formula is C23H23N5O4S2. The Bertz CT molecular complexity index is 1590. The van der Waals surface area contributed by atoms with Crippen molar-refractivity contribution in [3.8, 4) is 5.69 Å². The molecule has 0 bridgehead atoms. The van der Waals surface area contributed by atoms with Gasteiger partial charge in [0.25, 0.3) is 5.56 Å². The molecule has 2 aromatic carbocycles. The van der Waals surface area contributed by atoms with Crippen LogP contribution in [0.5, 0.6) is 0 Å². The molecule has 1 amide bonds. The lowest BCUT2D eigenvalue weighted by molar-refractivity contribution is -0.128. The Hall–Kier alpha value is -3.18. The highest BCUT2D eigenvalue weighted by Crippen LogP contribution is 2.25. The lowest BCUT2D eigenvalue weighted by Gasteiger charge is -2.23. The van der Waals surface area contributed by atoms with Crippen LogP contribution in [0, 0.1) is 6.92 Å². The SMILES string of the molecule is Cc1ccccc1-n1c(=O)c2ccccc2n2c(SCC(=O)N(C)C3CCS(=O)(=O)C3)nnc12. The van der Waals surface area contributed by atoms with Crippen LogP contribution in [0.1, 0.15) is 12.0 Å². The molecule has 3 heterocycles. The molecule has 0 spiro atoms. The molecule has 0 saturated carbocycles. The van der Waals surface area contributed by atoms with Gasteiger partial charge in [0.15, 0.2) is 15.0 Å². The van der Waals surface area contributed by atoms with Crippen molar-refractivity contribution in [3.05, 3.63) is 64.4 Å². The number of thioether (sulfide) groups is 1. The summed E-state index contributed by atoms with van der Waals surface area (Å²) in [6, 6.07) is 14.5. The number of carbonyl (C=O) groups excluding carboxylic acids is 1. The highest BCUT2D eigenvalue weighted by Gasteiger charge is 2.32. The summed E-state index contributed by atoms with van der Waals surface area (Å²) in [5.74, 6) is 0.371. The minimum atomic E-state index is -3.08. The molecule has 0 aliphatic carbocycles. The number of hydrogen-bond acceptors (Lipinski definition) is 7. The van der Waals surface area contributed by atoms with E-state index in [0.717, 1.165) is 5.56 Å². The van der Waals surface area contributed by atoms with E-state index in [0.29, 0.717) is 33.9 Å². The summed E-state index contributed by atoms with van der Waals surface area (Å²) < 4.78 is 26.9. The number of carbonyl (C=O) groups is 1. The van der Waals surface area contributed by atoms with Gasteiger partial charge in [-0.15, -0.1) is 10.2 Å². The number of nitrogens with zero attached hydrogens (tertiary/aromatic N) is 5. The van der Waals surface area contributed by atoms with E-state index in [1.165, 1.54) is 16.7 Å². The zero-order chi connectivity index (χ0) is 24.0. The van der Waals surface area contributed by atoms with Gasteiger partial charge < -0.3 is 4.90 Å². The molecule has 1 aliphatic heterocycles. The van der Waals surface area contributed by atoms with E-state index >= 15 is 0 Å². The standard InChI is InChI=1S/C23H23N5O4S2/c1-15-7-3-5-9-18(15)27-21(30)17-8-4-6-10-19(17)28-22(27)24-25-23(28)33-13-20(29)26(2)16-11-12-34(31,32)14-16/h3-10,16H,11-14H2,1-2H3. The second-order valence-corrected chi connectivity index (χ2v) is 11.6. The van der Waals surface area contributed by atoms with E-state index in [1.54, 1.807) is 22.1 Å². The Morgan fingerprint density at radius 2 is 1.88 bits per heavy atom. The van der Waals surface area contributed by atoms with Crippen LogP contribution in [-0.2, 0) is 14.6 Å². The molecule has 5 rings (SSSR count). The fourth-order valence-corrected chi connectivity index (χ4v) is 6.95. The van der Waals surface area contributed by atoms with Crippen LogP contribution in [0.4, 0.5) is 0 Å². The van der Waals surface area contributed by atoms with Gasteiger partial charge in [0.2, 0.25) is 11.7 Å². The van der Waals surface area contributed by atoms with Gasteiger partial charge in [-0.3, -0.25) is 14.0 Å². The number of fused-ring (bicyclic) bond motifs is 3. The molecule has 34 heavy (non-hydrogen) atoms. The molecule has 11 heteroatoms. The second-order valence-electron chi connectivity index (χ2n) is 8.41. The summed E-state index contributed by atoms with van der Waals surface area (Å²) in [5.41, 5.74) is 2.09. The summed E-state index contributed by atoms with van der Waals surface area (Å²) >= 11 is 1.21. The van der Waals surface area contributed by atoms with Crippen LogP contribution in [0.3, 0.4) is 0 Å². The summed E-state index contributed by atoms with van der Waals surface area (Å²) in [5, 5.41) is 9.62. The fourth-order valence-electron chi connectivity index (χ4n) is 4.32. The topological polar surface area (TPSA) is 107 Å². The first-order valence-electron chi connectivity index (χ1n) is 10.8. The lowest BCUT2D eigenvalue weighted by atomic mass is 10.2. The fraction of sp³-hybridized carbons (Fsp3) is 0.304. The summed E-state index contributed by atoms with van der Waals surface area (Å²) in [4.78, 5) is 27.8. The Morgan fingerprint density at radius 3 is 2.62 bits per heavy atom. The maximum atomic E-state index is 13.4. The third kappa shape index (κ3) is 3.88. The van der Waals surface area contributed by atoms with E-state index in [-0.39, 0.29) is 34.8 Å². The van der Waals surface area contributed by atoms with Gasteiger partial charge in [0, 0.05) is 13.1 Å². The van der Waals surface area contributed by atoms with Crippen molar-refractivity contribution >= 4 is 44.2 Å². The zero-order valence-electron chi connectivity index (χ0n) is 18.7. The molecule has 1 atom stereocenters. The smallest absolute Gasteiger partial charge is 0.267 e. The number of hydrogen-bond donors (Lipinski definition) is 0. The molecule has 1 fully saturated rings. The van der Waals surface area contributed by atoms with Crippen LogP contribution < -0.4 is 5.56 Å². The van der Waals surface area contributed by atoms with Crippen molar-refractivity contribution in [2.24, 2.45) is 0 Å². The molecule has 0 radical (unpaired) electrons. The van der Waals surface area contributed by atoms with Crippen LogP contribution in [-0.4, -0.2) is 68.7 Å². The van der Waals surface area contributed by atoms with E-state index in [9.17, 15) is 18.0 Å². The molecule has 2 aromatic heterocycles. The first-order valence-corrected chi connectivity index (χ1v) is 13.6. The van der Waals surface area contributed by atoms with E-state index in [4.69, 9.17) is 0 Å². The quantitative estimate of drug-likeness (QED) is 0.389. The summed E-state index contributed by atoms with van der Waals surface area (Å²) in [6.07, 6.45) is 0.455. The van der Waals surface area contributed by atoms with E-state index in [2.05, 4.69) is 10.2 Å². The largest absolute Gasteiger partial charge is 0.341 e. The van der Waals surface area contributed by atoms with Crippen LogP contribution in [0.25, 0.3) is 22.4 Å². The molecule has 0 N–H and O–H groups in total. The molecule has 4 aromatic rings. The molecule has 176 valence electrons. The summed E-state index contributed by atoms with van der Waals surface area (Å²) in [6.45, 7) is 1.93. The lowest BCUT2D eigenvalue weighted by Crippen LogP contribution is -2.38.